The second-order valence-corrected chi connectivity index (χ2v) is 4.83. The first kappa shape index (κ1) is 14.2. The van der Waals surface area contributed by atoms with Gasteiger partial charge in [-0.1, -0.05) is 19.8 Å². The number of hydrogen-bond donors (Lipinski definition) is 1. The van der Waals surface area contributed by atoms with Crippen LogP contribution in [0.5, 0.6) is 0 Å². The Hall–Kier alpha value is -0.810. The smallest absolute Gasteiger partial charge is 0.261 e. The average molecular weight is 233 g/mol. The zero-order chi connectivity index (χ0) is 11.7. The molecule has 1 aromatic heterocycles. The van der Waals surface area contributed by atoms with Gasteiger partial charge < -0.3 is 4.57 Å². The van der Waals surface area contributed by atoms with E-state index in [2.05, 4.69) is 36.0 Å². The molecule has 0 aliphatic rings. The molecule has 0 radical (unpaired) electrons. The fourth-order valence-electron chi connectivity index (χ4n) is 1.06. The third kappa shape index (κ3) is 13.2. The van der Waals surface area contributed by atoms with Crippen LogP contribution in [0.3, 0.4) is 0 Å². The largest absolute Gasteiger partial charge is 0.354 e. The zero-order valence-electron chi connectivity index (χ0n) is 9.26. The minimum absolute atomic E-state index is 0.715. The number of aryl methyl sites for hydroxylation is 1. The van der Waals surface area contributed by atoms with E-state index in [0.717, 1.165) is 0 Å². The van der Waals surface area contributed by atoms with Crippen molar-refractivity contribution < 1.29 is 13.0 Å². The van der Waals surface area contributed by atoms with Gasteiger partial charge in [-0.05, 0) is 18.6 Å². The minimum Gasteiger partial charge on any atom is -0.354 e. The molecule has 0 aromatic carbocycles. The summed E-state index contributed by atoms with van der Waals surface area (Å²) >= 11 is 0. The lowest BCUT2D eigenvalue weighted by Gasteiger charge is -1.99. The lowest BCUT2D eigenvalue weighted by molar-refractivity contribution is 0.490. The van der Waals surface area contributed by atoms with Crippen molar-refractivity contribution in [3.63, 3.8) is 0 Å². The second-order valence-electron chi connectivity index (χ2n) is 3.36. The zero-order valence-corrected chi connectivity index (χ0v) is 10.1. The summed E-state index contributed by atoms with van der Waals surface area (Å²) in [6, 6.07) is 4.15. The Balaban J connectivity index is 0.000000336. The van der Waals surface area contributed by atoms with E-state index in [1.807, 2.05) is 0 Å². The van der Waals surface area contributed by atoms with Gasteiger partial charge in [0.15, 0.2) is 0 Å². The Bertz CT molecular complexity index is 322. The van der Waals surface area contributed by atoms with Crippen LogP contribution in [-0.2, 0) is 16.7 Å². The molecule has 4 nitrogen and oxygen atoms in total. The third-order valence-electron chi connectivity index (χ3n) is 1.69. The van der Waals surface area contributed by atoms with Crippen LogP contribution in [0.25, 0.3) is 0 Å². The molecule has 0 unspecified atom stereocenters. The quantitative estimate of drug-likeness (QED) is 0.640. The van der Waals surface area contributed by atoms with E-state index in [9.17, 15) is 8.42 Å². The molecule has 1 rings (SSSR count). The third-order valence-corrected chi connectivity index (χ3v) is 1.69. The summed E-state index contributed by atoms with van der Waals surface area (Å²) in [5.41, 5.74) is 0. The van der Waals surface area contributed by atoms with Crippen LogP contribution in [0.15, 0.2) is 24.5 Å². The standard InChI is InChI=1S/C9H15N.CH4O3S/c1-2-3-4-7-10-8-5-6-9-10;1-5(2,3)4/h5-6,8-9H,2-4,7H2,1H3;1H3,(H,2,3,4). The van der Waals surface area contributed by atoms with Gasteiger partial charge in [-0.15, -0.1) is 0 Å². The lowest BCUT2D eigenvalue weighted by atomic mass is 10.2. The Labute approximate surface area is 91.7 Å². The van der Waals surface area contributed by atoms with Gasteiger partial charge in [0.25, 0.3) is 10.1 Å². The maximum absolute atomic E-state index is 9.19. The maximum atomic E-state index is 9.19. The van der Waals surface area contributed by atoms with Crippen molar-refractivity contribution in [1.82, 2.24) is 4.57 Å². The molecule has 1 heterocycles. The first-order valence-electron chi connectivity index (χ1n) is 4.96. The molecule has 88 valence electrons. The molecule has 1 N–H and O–H groups in total. The van der Waals surface area contributed by atoms with Crippen molar-refractivity contribution in [2.45, 2.75) is 32.7 Å². The highest BCUT2D eigenvalue weighted by atomic mass is 32.2. The van der Waals surface area contributed by atoms with E-state index in [0.29, 0.717) is 6.26 Å². The lowest BCUT2D eigenvalue weighted by Crippen LogP contribution is -1.92. The SMILES string of the molecule is CCCCCn1cccc1.CS(=O)(=O)O. The summed E-state index contributed by atoms with van der Waals surface area (Å²) in [4.78, 5) is 0. The number of nitrogens with zero attached hydrogens (tertiary/aromatic N) is 1. The van der Waals surface area contributed by atoms with Crippen molar-refractivity contribution in [3.05, 3.63) is 24.5 Å². The van der Waals surface area contributed by atoms with Gasteiger partial charge in [0.1, 0.15) is 0 Å². The normalized spacial score (nSPS) is 10.6. The number of hydrogen-bond acceptors (Lipinski definition) is 2. The highest BCUT2D eigenvalue weighted by molar-refractivity contribution is 7.85. The number of aromatic nitrogens is 1. The fraction of sp³-hybridized carbons (Fsp3) is 0.600. The molecule has 0 atom stereocenters. The summed E-state index contributed by atoms with van der Waals surface area (Å²) in [5.74, 6) is 0. The molecule has 5 heteroatoms. The van der Waals surface area contributed by atoms with Gasteiger partial charge in [-0.2, -0.15) is 8.42 Å². The van der Waals surface area contributed by atoms with Gasteiger partial charge in [0.2, 0.25) is 0 Å². The summed E-state index contributed by atoms with van der Waals surface area (Å²) in [6.07, 6.45) is 8.92. The average Bonchev–Trinajstić information content (AvgIpc) is 2.54. The first-order chi connectivity index (χ1) is 6.93. The van der Waals surface area contributed by atoms with E-state index in [-0.39, 0.29) is 0 Å². The molecule has 0 saturated heterocycles. The van der Waals surface area contributed by atoms with Crippen LogP contribution in [0.1, 0.15) is 26.2 Å². The monoisotopic (exact) mass is 233 g/mol. The summed E-state index contributed by atoms with van der Waals surface area (Å²) in [5, 5.41) is 0. The molecule has 15 heavy (non-hydrogen) atoms. The van der Waals surface area contributed by atoms with Crippen LogP contribution in [0.2, 0.25) is 0 Å². The topological polar surface area (TPSA) is 59.3 Å². The molecular weight excluding hydrogens is 214 g/mol. The fourth-order valence-corrected chi connectivity index (χ4v) is 1.06. The highest BCUT2D eigenvalue weighted by Gasteiger charge is 1.86. The molecule has 0 saturated carbocycles. The van der Waals surface area contributed by atoms with Crippen molar-refractivity contribution in [3.8, 4) is 0 Å². The van der Waals surface area contributed by atoms with Crippen LogP contribution >= 0.6 is 0 Å². The first-order valence-corrected chi connectivity index (χ1v) is 6.81. The number of rotatable bonds is 4. The molecule has 0 fully saturated rings. The Morgan fingerprint density at radius 1 is 1.20 bits per heavy atom. The molecule has 1 aromatic rings. The van der Waals surface area contributed by atoms with Crippen molar-refractivity contribution in [2.24, 2.45) is 0 Å². The molecule has 0 bridgehead atoms. The predicted octanol–water partition coefficient (Wildman–Crippen LogP) is 2.18. The molecular formula is C10H19NO3S. The number of unbranched alkanes of at least 4 members (excludes halogenated alkanes) is 2. The van der Waals surface area contributed by atoms with E-state index in [1.54, 1.807) is 0 Å². The predicted molar refractivity (Wildman–Crippen MR) is 61.4 cm³/mol. The minimum atomic E-state index is -3.67. The van der Waals surface area contributed by atoms with E-state index in [4.69, 9.17) is 4.55 Å². The van der Waals surface area contributed by atoms with Crippen molar-refractivity contribution in [1.29, 1.82) is 0 Å². The summed E-state index contributed by atoms with van der Waals surface area (Å²) in [6.45, 7) is 3.41. The highest BCUT2D eigenvalue weighted by Crippen LogP contribution is 1.98. The van der Waals surface area contributed by atoms with E-state index < -0.39 is 10.1 Å². The molecule has 0 amide bonds. The van der Waals surface area contributed by atoms with Gasteiger partial charge in [0, 0.05) is 18.9 Å². The Kier molecular flexibility index (Phi) is 7.07. The van der Waals surface area contributed by atoms with E-state index in [1.165, 1.54) is 25.8 Å². The van der Waals surface area contributed by atoms with Crippen molar-refractivity contribution in [2.75, 3.05) is 6.26 Å². The van der Waals surface area contributed by atoms with Crippen LogP contribution in [-0.4, -0.2) is 23.8 Å². The van der Waals surface area contributed by atoms with Gasteiger partial charge in [-0.3, -0.25) is 4.55 Å². The van der Waals surface area contributed by atoms with E-state index >= 15 is 0 Å². The van der Waals surface area contributed by atoms with Crippen LogP contribution in [0.4, 0.5) is 0 Å². The van der Waals surface area contributed by atoms with Crippen molar-refractivity contribution >= 4 is 10.1 Å². The maximum Gasteiger partial charge on any atom is 0.261 e. The summed E-state index contributed by atoms with van der Waals surface area (Å²) < 4.78 is 28.1. The summed E-state index contributed by atoms with van der Waals surface area (Å²) in [7, 11) is -3.67. The molecule has 0 aliphatic heterocycles. The molecule has 0 aliphatic carbocycles. The van der Waals surface area contributed by atoms with Gasteiger partial charge in [0.05, 0.1) is 6.26 Å². The van der Waals surface area contributed by atoms with Crippen LogP contribution in [0, 0.1) is 0 Å². The van der Waals surface area contributed by atoms with Gasteiger partial charge >= 0.3 is 0 Å². The Morgan fingerprint density at radius 3 is 2.07 bits per heavy atom. The van der Waals surface area contributed by atoms with Crippen LogP contribution < -0.4 is 0 Å². The second kappa shape index (κ2) is 7.48. The van der Waals surface area contributed by atoms with Gasteiger partial charge in [-0.25, -0.2) is 0 Å². The Morgan fingerprint density at radius 2 is 1.67 bits per heavy atom. The molecule has 0 spiro atoms.